The molecule has 0 atom stereocenters. The van der Waals surface area contributed by atoms with Gasteiger partial charge >= 0.3 is 5.97 Å². The summed E-state index contributed by atoms with van der Waals surface area (Å²) in [6.45, 7) is 6.20. The van der Waals surface area contributed by atoms with Crippen LogP contribution in [0.15, 0.2) is 30.4 Å². The molecule has 22 heavy (non-hydrogen) atoms. The predicted molar refractivity (Wildman–Crippen MR) is 75.6 cm³/mol. The van der Waals surface area contributed by atoms with Gasteiger partial charge in [-0.3, -0.25) is 14.4 Å². The molecule has 0 aromatic heterocycles. The molecule has 114 valence electrons. The van der Waals surface area contributed by atoms with E-state index in [1.54, 1.807) is 19.1 Å². The summed E-state index contributed by atoms with van der Waals surface area (Å²) in [5.41, 5.74) is 1.39. The van der Waals surface area contributed by atoms with Gasteiger partial charge in [0.25, 0.3) is 11.8 Å². The third-order valence-corrected chi connectivity index (χ3v) is 2.98. The van der Waals surface area contributed by atoms with E-state index in [0.717, 1.165) is 5.56 Å². The average Bonchev–Trinajstić information content (AvgIpc) is 2.69. The highest BCUT2D eigenvalue weighted by molar-refractivity contribution is 6.21. The van der Waals surface area contributed by atoms with Crippen molar-refractivity contribution in [3.8, 4) is 0 Å². The largest absolute Gasteiger partial charge is 0.352 e. The van der Waals surface area contributed by atoms with Crippen molar-refractivity contribution in [2.24, 2.45) is 0 Å². The number of imide groups is 1. The monoisotopic (exact) mass is 302 g/mol. The van der Waals surface area contributed by atoms with Crippen LogP contribution in [0.5, 0.6) is 0 Å². The Balaban J connectivity index is 2.04. The number of amides is 3. The highest BCUT2D eigenvalue weighted by atomic mass is 16.7. The number of benzene rings is 1. The number of hydrogen-bond donors (Lipinski definition) is 1. The van der Waals surface area contributed by atoms with E-state index in [1.807, 2.05) is 0 Å². The van der Waals surface area contributed by atoms with Crippen LogP contribution in [-0.2, 0) is 14.4 Å². The Hall–Kier alpha value is -2.96. The zero-order valence-electron chi connectivity index (χ0n) is 12.1. The second-order valence-corrected chi connectivity index (χ2v) is 4.88. The van der Waals surface area contributed by atoms with Crippen LogP contribution in [0.3, 0.4) is 0 Å². The lowest BCUT2D eigenvalue weighted by atomic mass is 10.1. The molecule has 1 N–H and O–H groups in total. The number of rotatable bonds is 4. The second kappa shape index (κ2) is 5.80. The van der Waals surface area contributed by atoms with Gasteiger partial charge in [-0.1, -0.05) is 23.3 Å². The molecule has 0 radical (unpaired) electrons. The molecule has 0 saturated heterocycles. The first-order chi connectivity index (χ1) is 10.3. The van der Waals surface area contributed by atoms with Crippen LogP contribution >= 0.6 is 0 Å². The number of aryl methyl sites for hydroxylation is 1. The normalized spacial score (nSPS) is 12.9. The Morgan fingerprint density at radius 1 is 1.23 bits per heavy atom. The number of hydroxylamine groups is 2. The van der Waals surface area contributed by atoms with Crippen LogP contribution in [-0.4, -0.2) is 35.3 Å². The van der Waals surface area contributed by atoms with Crippen LogP contribution in [0, 0.1) is 6.92 Å². The van der Waals surface area contributed by atoms with Gasteiger partial charge in [-0.05, 0) is 26.0 Å². The van der Waals surface area contributed by atoms with Gasteiger partial charge in [0.15, 0.2) is 0 Å². The number of carbonyl (C=O) groups is 4. The quantitative estimate of drug-likeness (QED) is 0.654. The Kier molecular flexibility index (Phi) is 4.07. The van der Waals surface area contributed by atoms with Crippen molar-refractivity contribution < 1.29 is 24.0 Å². The van der Waals surface area contributed by atoms with E-state index in [0.29, 0.717) is 5.06 Å². The minimum absolute atomic E-state index is 0.175. The maximum atomic E-state index is 12.1. The average molecular weight is 302 g/mol. The Labute approximate surface area is 126 Å². The van der Waals surface area contributed by atoms with Crippen molar-refractivity contribution in [2.45, 2.75) is 13.8 Å². The van der Waals surface area contributed by atoms with Gasteiger partial charge < -0.3 is 10.2 Å². The molecule has 0 fully saturated rings. The van der Waals surface area contributed by atoms with E-state index in [-0.39, 0.29) is 16.7 Å². The zero-order chi connectivity index (χ0) is 16.4. The Bertz CT molecular complexity index is 708. The topological polar surface area (TPSA) is 92.8 Å². The minimum Gasteiger partial charge on any atom is -0.341 e. The summed E-state index contributed by atoms with van der Waals surface area (Å²) in [6.07, 6.45) is 0. The molecule has 0 spiro atoms. The summed E-state index contributed by atoms with van der Waals surface area (Å²) in [4.78, 5) is 51.7. The third kappa shape index (κ3) is 2.88. The van der Waals surface area contributed by atoms with Crippen molar-refractivity contribution in [1.29, 1.82) is 0 Å². The second-order valence-electron chi connectivity index (χ2n) is 4.88. The number of nitrogens with one attached hydrogen (secondary N) is 1. The molecule has 1 aliphatic heterocycles. The van der Waals surface area contributed by atoms with Gasteiger partial charge in [0, 0.05) is 5.57 Å². The van der Waals surface area contributed by atoms with Crippen LogP contribution < -0.4 is 5.32 Å². The van der Waals surface area contributed by atoms with Gasteiger partial charge in [0.05, 0.1) is 11.1 Å². The van der Waals surface area contributed by atoms with Crippen LogP contribution in [0.4, 0.5) is 0 Å². The SMILES string of the molecule is C=C(C)C(=O)NCC(=O)ON1C(=O)c2ccc(C)cc2C1=O. The molecule has 3 amide bonds. The van der Waals surface area contributed by atoms with Gasteiger partial charge in [-0.25, -0.2) is 4.79 Å². The van der Waals surface area contributed by atoms with Crippen molar-refractivity contribution >= 4 is 23.7 Å². The molecular formula is C15H14N2O5. The molecule has 0 aliphatic carbocycles. The summed E-state index contributed by atoms with van der Waals surface area (Å²) >= 11 is 0. The van der Waals surface area contributed by atoms with Gasteiger partial charge in [-0.15, -0.1) is 0 Å². The third-order valence-electron chi connectivity index (χ3n) is 2.98. The number of carbonyl (C=O) groups excluding carboxylic acids is 4. The van der Waals surface area contributed by atoms with Gasteiger partial charge in [0.1, 0.15) is 6.54 Å². The lowest BCUT2D eigenvalue weighted by molar-refractivity contribution is -0.167. The van der Waals surface area contributed by atoms with E-state index < -0.39 is 30.2 Å². The van der Waals surface area contributed by atoms with Crippen molar-refractivity contribution in [3.63, 3.8) is 0 Å². The summed E-state index contributed by atoms with van der Waals surface area (Å²) in [7, 11) is 0. The molecule has 1 aliphatic rings. The first-order valence-electron chi connectivity index (χ1n) is 6.45. The lowest BCUT2D eigenvalue weighted by Gasteiger charge is -2.12. The number of hydrogen-bond acceptors (Lipinski definition) is 5. The minimum atomic E-state index is -0.930. The fraction of sp³-hybridized carbons (Fsp3) is 0.200. The molecule has 2 rings (SSSR count). The maximum Gasteiger partial charge on any atom is 0.352 e. The van der Waals surface area contributed by atoms with E-state index >= 15 is 0 Å². The molecular weight excluding hydrogens is 288 g/mol. The standard InChI is InChI=1S/C15H14N2O5/c1-8(2)13(19)16-7-12(18)22-17-14(20)10-5-4-9(3)6-11(10)15(17)21/h4-6H,1,7H2,2-3H3,(H,16,19). The fourth-order valence-corrected chi connectivity index (χ4v) is 1.85. The summed E-state index contributed by atoms with van der Waals surface area (Å²) in [5, 5.41) is 2.66. The van der Waals surface area contributed by atoms with Crippen LogP contribution in [0.1, 0.15) is 33.2 Å². The van der Waals surface area contributed by atoms with Gasteiger partial charge in [0.2, 0.25) is 5.91 Å². The Morgan fingerprint density at radius 3 is 2.50 bits per heavy atom. The van der Waals surface area contributed by atoms with Crippen LogP contribution in [0.25, 0.3) is 0 Å². The Morgan fingerprint density at radius 2 is 1.86 bits per heavy atom. The first kappa shape index (κ1) is 15.4. The van der Waals surface area contributed by atoms with E-state index in [1.165, 1.54) is 13.0 Å². The van der Waals surface area contributed by atoms with E-state index in [2.05, 4.69) is 11.9 Å². The smallest absolute Gasteiger partial charge is 0.341 e. The molecule has 0 unspecified atom stereocenters. The van der Waals surface area contributed by atoms with Gasteiger partial charge in [-0.2, -0.15) is 0 Å². The highest BCUT2D eigenvalue weighted by Crippen LogP contribution is 2.24. The maximum absolute atomic E-state index is 12.1. The molecule has 7 heteroatoms. The predicted octanol–water partition coefficient (Wildman–Crippen LogP) is 0.742. The molecule has 1 heterocycles. The fourth-order valence-electron chi connectivity index (χ4n) is 1.85. The molecule has 1 aromatic rings. The molecule has 7 nitrogen and oxygen atoms in total. The van der Waals surface area contributed by atoms with E-state index in [4.69, 9.17) is 4.84 Å². The van der Waals surface area contributed by atoms with Crippen molar-refractivity contribution in [3.05, 3.63) is 47.0 Å². The number of fused-ring (bicyclic) bond motifs is 1. The first-order valence-corrected chi connectivity index (χ1v) is 6.45. The molecule has 0 saturated carbocycles. The lowest BCUT2D eigenvalue weighted by Crippen LogP contribution is -2.38. The molecule has 0 bridgehead atoms. The number of nitrogens with zero attached hydrogens (tertiary/aromatic N) is 1. The van der Waals surface area contributed by atoms with Crippen molar-refractivity contribution in [1.82, 2.24) is 10.4 Å². The summed E-state index contributed by atoms with van der Waals surface area (Å²) in [5.74, 6) is -2.86. The molecule has 1 aromatic carbocycles. The highest BCUT2D eigenvalue weighted by Gasteiger charge is 2.38. The zero-order valence-corrected chi connectivity index (χ0v) is 12.1. The van der Waals surface area contributed by atoms with Crippen molar-refractivity contribution in [2.75, 3.05) is 6.54 Å². The van der Waals surface area contributed by atoms with Crippen LogP contribution in [0.2, 0.25) is 0 Å². The summed E-state index contributed by atoms with van der Waals surface area (Å²) in [6, 6.07) is 4.73. The van der Waals surface area contributed by atoms with E-state index in [9.17, 15) is 19.2 Å². The summed E-state index contributed by atoms with van der Waals surface area (Å²) < 4.78 is 0.